The Morgan fingerprint density at radius 1 is 1.60 bits per heavy atom. The van der Waals surface area contributed by atoms with Crippen LogP contribution in [0.2, 0.25) is 0 Å². The van der Waals surface area contributed by atoms with Gasteiger partial charge in [-0.05, 0) is 19.6 Å². The highest BCUT2D eigenvalue weighted by Gasteiger charge is 2.26. The minimum atomic E-state index is -2.73. The molecular weight excluding hydrogens is 150 g/mol. The summed E-state index contributed by atoms with van der Waals surface area (Å²) in [6, 6.07) is 0.0370. The Balaban J connectivity index is 2.60. The van der Waals surface area contributed by atoms with E-state index in [1.807, 2.05) is 6.92 Å². The molecule has 1 aliphatic rings. The highest BCUT2D eigenvalue weighted by atomic mass is 32.2. The highest BCUT2D eigenvalue weighted by Crippen LogP contribution is 2.13. The van der Waals surface area contributed by atoms with E-state index in [9.17, 15) is 8.42 Å². The van der Waals surface area contributed by atoms with Gasteiger partial charge in [-0.3, -0.25) is 4.99 Å². The van der Waals surface area contributed by atoms with Crippen LogP contribution in [0.15, 0.2) is 4.99 Å². The van der Waals surface area contributed by atoms with Crippen molar-refractivity contribution >= 4 is 16.1 Å². The lowest BCUT2D eigenvalue weighted by atomic mass is 10.3. The molecule has 1 aliphatic heterocycles. The van der Waals surface area contributed by atoms with Crippen LogP contribution in [0.3, 0.4) is 0 Å². The Kier molecular flexibility index (Phi) is 2.08. The topological polar surface area (TPSA) is 46.5 Å². The van der Waals surface area contributed by atoms with Crippen LogP contribution in [0, 0.1) is 0 Å². The van der Waals surface area contributed by atoms with Gasteiger partial charge in [0.25, 0.3) is 0 Å². The fourth-order valence-corrected chi connectivity index (χ4v) is 2.74. The van der Waals surface area contributed by atoms with Crippen LogP contribution >= 0.6 is 0 Å². The maximum absolute atomic E-state index is 10.8. The molecule has 0 aromatic rings. The first-order valence-corrected chi connectivity index (χ1v) is 5.14. The van der Waals surface area contributed by atoms with Crippen molar-refractivity contribution in [3.8, 4) is 0 Å². The molecule has 0 radical (unpaired) electrons. The molecule has 0 spiro atoms. The minimum Gasteiger partial charge on any atom is -0.293 e. The van der Waals surface area contributed by atoms with Gasteiger partial charge in [0.15, 0.2) is 9.84 Å². The number of hydrogen-bond acceptors (Lipinski definition) is 3. The Hall–Kier alpha value is -0.380. The molecule has 0 aromatic heterocycles. The molecule has 0 amide bonds. The molecule has 10 heavy (non-hydrogen) atoms. The Morgan fingerprint density at radius 2 is 2.30 bits per heavy atom. The maximum atomic E-state index is 10.8. The van der Waals surface area contributed by atoms with Crippen LogP contribution < -0.4 is 0 Å². The molecule has 58 valence electrons. The van der Waals surface area contributed by atoms with Crippen LogP contribution in [0.5, 0.6) is 0 Å². The van der Waals surface area contributed by atoms with E-state index in [2.05, 4.69) is 4.99 Å². The van der Waals surface area contributed by atoms with Gasteiger partial charge < -0.3 is 0 Å². The van der Waals surface area contributed by atoms with Crippen molar-refractivity contribution in [2.45, 2.75) is 19.4 Å². The Morgan fingerprint density at radius 3 is 2.70 bits per heavy atom. The fraction of sp³-hybridized carbons (Fsp3) is 0.833. The standard InChI is InChI=1S/C6H11NO2S/c1-2-7-6-3-4-10(8,9)5-6/h2,6H,3-5H2,1H3. The fourth-order valence-electron chi connectivity index (χ4n) is 1.10. The summed E-state index contributed by atoms with van der Waals surface area (Å²) in [6.45, 7) is 1.81. The van der Waals surface area contributed by atoms with Crippen molar-refractivity contribution in [2.24, 2.45) is 4.99 Å². The third-order valence-corrected chi connectivity index (χ3v) is 3.32. The number of rotatable bonds is 1. The van der Waals surface area contributed by atoms with Crippen molar-refractivity contribution in [1.82, 2.24) is 0 Å². The van der Waals surface area contributed by atoms with Crippen molar-refractivity contribution in [2.75, 3.05) is 11.5 Å². The second-order valence-corrected chi connectivity index (χ2v) is 4.69. The molecule has 0 aliphatic carbocycles. The predicted octanol–water partition coefficient (Wildman–Crippen LogP) is 0.264. The van der Waals surface area contributed by atoms with Crippen LogP contribution in [-0.2, 0) is 9.84 Å². The molecule has 1 heterocycles. The van der Waals surface area contributed by atoms with Gasteiger partial charge in [-0.1, -0.05) is 0 Å². The largest absolute Gasteiger partial charge is 0.293 e. The summed E-state index contributed by atoms with van der Waals surface area (Å²) in [4.78, 5) is 4.02. The van der Waals surface area contributed by atoms with Gasteiger partial charge in [0.1, 0.15) is 0 Å². The zero-order chi connectivity index (χ0) is 7.61. The third-order valence-electron chi connectivity index (χ3n) is 1.57. The summed E-state index contributed by atoms with van der Waals surface area (Å²) >= 11 is 0. The molecule has 0 aromatic carbocycles. The van der Waals surface area contributed by atoms with Gasteiger partial charge >= 0.3 is 0 Å². The molecule has 0 saturated carbocycles. The lowest BCUT2D eigenvalue weighted by Crippen LogP contribution is -2.07. The molecule has 4 heteroatoms. The molecule has 3 nitrogen and oxygen atoms in total. The van der Waals surface area contributed by atoms with E-state index >= 15 is 0 Å². The number of aliphatic imine (C=N–C) groups is 1. The third kappa shape index (κ3) is 1.80. The van der Waals surface area contributed by atoms with Gasteiger partial charge in [-0.25, -0.2) is 8.42 Å². The lowest BCUT2D eigenvalue weighted by molar-refractivity contribution is 0.601. The average molecular weight is 161 g/mol. The molecule has 1 unspecified atom stereocenters. The van der Waals surface area contributed by atoms with Gasteiger partial charge in [0.2, 0.25) is 0 Å². The lowest BCUT2D eigenvalue weighted by Gasteiger charge is -1.95. The first-order valence-electron chi connectivity index (χ1n) is 3.32. The van der Waals surface area contributed by atoms with Gasteiger partial charge in [0.05, 0.1) is 17.5 Å². The summed E-state index contributed by atoms with van der Waals surface area (Å²) in [7, 11) is -2.73. The van der Waals surface area contributed by atoms with E-state index in [4.69, 9.17) is 0 Å². The monoisotopic (exact) mass is 161 g/mol. The molecule has 1 saturated heterocycles. The van der Waals surface area contributed by atoms with Crippen molar-refractivity contribution in [3.05, 3.63) is 0 Å². The van der Waals surface area contributed by atoms with E-state index in [1.165, 1.54) is 0 Å². The normalized spacial score (nSPS) is 31.5. The van der Waals surface area contributed by atoms with Crippen molar-refractivity contribution < 1.29 is 8.42 Å². The molecule has 1 atom stereocenters. The Bertz CT molecular complexity index is 230. The summed E-state index contributed by atoms with van der Waals surface area (Å²) in [6.07, 6.45) is 2.37. The van der Waals surface area contributed by atoms with E-state index in [0.29, 0.717) is 12.2 Å². The van der Waals surface area contributed by atoms with E-state index < -0.39 is 9.84 Å². The molecule has 1 fully saturated rings. The summed E-state index contributed by atoms with van der Waals surface area (Å²) in [5.41, 5.74) is 0. The summed E-state index contributed by atoms with van der Waals surface area (Å²) < 4.78 is 21.7. The smallest absolute Gasteiger partial charge is 0.152 e. The van der Waals surface area contributed by atoms with E-state index in [-0.39, 0.29) is 11.8 Å². The van der Waals surface area contributed by atoms with Crippen LogP contribution in [0.25, 0.3) is 0 Å². The quantitative estimate of drug-likeness (QED) is 0.518. The molecular formula is C6H11NO2S. The first kappa shape index (κ1) is 7.72. The second-order valence-electron chi connectivity index (χ2n) is 2.46. The summed E-state index contributed by atoms with van der Waals surface area (Å²) in [5.74, 6) is 0.562. The number of nitrogens with zero attached hydrogens (tertiary/aromatic N) is 1. The SMILES string of the molecule is CC=NC1CCS(=O)(=O)C1. The van der Waals surface area contributed by atoms with E-state index in [1.54, 1.807) is 6.21 Å². The van der Waals surface area contributed by atoms with E-state index in [0.717, 1.165) is 0 Å². The van der Waals surface area contributed by atoms with Gasteiger partial charge in [-0.15, -0.1) is 0 Å². The number of sulfone groups is 1. The molecule has 0 N–H and O–H groups in total. The average Bonchev–Trinajstić information content (AvgIpc) is 2.12. The predicted molar refractivity (Wildman–Crippen MR) is 41.2 cm³/mol. The van der Waals surface area contributed by atoms with Crippen molar-refractivity contribution in [1.29, 1.82) is 0 Å². The Labute approximate surface area is 61.1 Å². The molecule has 0 bridgehead atoms. The molecule has 1 rings (SSSR count). The van der Waals surface area contributed by atoms with Crippen LogP contribution in [0.1, 0.15) is 13.3 Å². The second kappa shape index (κ2) is 2.70. The minimum absolute atomic E-state index is 0.0370. The van der Waals surface area contributed by atoms with Gasteiger partial charge in [-0.2, -0.15) is 0 Å². The zero-order valence-corrected chi connectivity index (χ0v) is 6.76. The zero-order valence-electron chi connectivity index (χ0n) is 5.95. The van der Waals surface area contributed by atoms with Crippen molar-refractivity contribution in [3.63, 3.8) is 0 Å². The van der Waals surface area contributed by atoms with Gasteiger partial charge in [0, 0.05) is 0 Å². The highest BCUT2D eigenvalue weighted by molar-refractivity contribution is 7.91. The maximum Gasteiger partial charge on any atom is 0.152 e. The van der Waals surface area contributed by atoms with Crippen LogP contribution in [-0.4, -0.2) is 32.2 Å². The van der Waals surface area contributed by atoms with Crippen LogP contribution in [0.4, 0.5) is 0 Å². The number of hydrogen-bond donors (Lipinski definition) is 0. The summed E-state index contributed by atoms with van der Waals surface area (Å²) in [5, 5.41) is 0. The first-order chi connectivity index (χ1) is 4.64.